The Bertz CT molecular complexity index is 2670. The van der Waals surface area contributed by atoms with Gasteiger partial charge in [0, 0.05) is 50.3 Å². The number of nitrogens with zero attached hydrogens (tertiary/aromatic N) is 3. The number of hydrogen-bond donors (Lipinski definition) is 1. The summed E-state index contributed by atoms with van der Waals surface area (Å²) in [6.07, 6.45) is 18.5. The van der Waals surface area contributed by atoms with Crippen LogP contribution in [0, 0.1) is 11.8 Å². The molecule has 4 aliphatic rings. The van der Waals surface area contributed by atoms with E-state index >= 15 is 0 Å². The monoisotopic (exact) mass is 674 g/mol. The molecule has 244 valence electrons. The second kappa shape index (κ2) is 11.3. The molecule has 1 fully saturated rings. The number of nitrogens with one attached hydrogen (secondary N) is 1. The summed E-state index contributed by atoms with van der Waals surface area (Å²) in [5, 5.41) is 7.60. The van der Waals surface area contributed by atoms with Gasteiger partial charge in [0.05, 0.1) is 33.7 Å². The molecule has 4 nitrogen and oxygen atoms in total. The topological polar surface area (TPSA) is 32.6 Å². The number of aromatic nitrogens is 1. The predicted octanol–water partition coefficient (Wildman–Crippen LogP) is 11.1. The fourth-order valence-corrected chi connectivity index (χ4v) is 9.98. The summed E-state index contributed by atoms with van der Waals surface area (Å²) in [5.74, 6) is 0.799. The van der Waals surface area contributed by atoms with Gasteiger partial charge in [-0.05, 0) is 65.2 Å². The molecule has 0 saturated carbocycles. The maximum atomic E-state index is 4.99. The summed E-state index contributed by atoms with van der Waals surface area (Å²) >= 11 is 1.80. The van der Waals surface area contributed by atoms with E-state index in [0.717, 1.165) is 0 Å². The van der Waals surface area contributed by atoms with Crippen LogP contribution in [0.3, 0.4) is 0 Å². The summed E-state index contributed by atoms with van der Waals surface area (Å²) in [6.45, 7) is 0. The maximum Gasteiger partial charge on any atom is 0.144 e. The van der Waals surface area contributed by atoms with E-state index in [9.17, 15) is 0 Å². The van der Waals surface area contributed by atoms with Gasteiger partial charge in [0.15, 0.2) is 0 Å². The van der Waals surface area contributed by atoms with Gasteiger partial charge in [0.2, 0.25) is 0 Å². The lowest BCUT2D eigenvalue weighted by Crippen LogP contribution is -2.37. The third-order valence-corrected chi connectivity index (χ3v) is 12.3. The SMILES string of the molecule is C1=CC2C3C=CC(c4ccc5c(c4)c4ccccc4n5-c4ccccc4)=CC3N(c3cccc(C4N=Cc5sc6ccccc6c5N4)c3)C2C=C1. The van der Waals surface area contributed by atoms with Crippen LogP contribution in [-0.4, -0.2) is 22.9 Å². The minimum absolute atomic E-state index is 0.131. The van der Waals surface area contributed by atoms with Gasteiger partial charge in [-0.25, -0.2) is 0 Å². The molecule has 0 amide bonds. The summed E-state index contributed by atoms with van der Waals surface area (Å²) in [5.41, 5.74) is 9.77. The van der Waals surface area contributed by atoms with Crippen molar-refractivity contribution in [2.24, 2.45) is 16.8 Å². The molecular weight excluding hydrogens is 641 g/mol. The van der Waals surface area contributed by atoms with Gasteiger partial charge >= 0.3 is 0 Å². The van der Waals surface area contributed by atoms with E-state index in [2.05, 4.69) is 185 Å². The van der Waals surface area contributed by atoms with Crippen molar-refractivity contribution in [3.05, 3.63) is 180 Å². The third-order valence-electron chi connectivity index (χ3n) is 11.2. The van der Waals surface area contributed by atoms with Crippen molar-refractivity contribution in [1.82, 2.24) is 4.57 Å². The van der Waals surface area contributed by atoms with Crippen molar-refractivity contribution in [2.75, 3.05) is 10.2 Å². The molecule has 2 aromatic heterocycles. The predicted molar refractivity (Wildman–Crippen MR) is 215 cm³/mol. The van der Waals surface area contributed by atoms with Gasteiger partial charge in [0.25, 0.3) is 0 Å². The highest BCUT2D eigenvalue weighted by Crippen LogP contribution is 2.47. The van der Waals surface area contributed by atoms with Crippen LogP contribution in [0.15, 0.2) is 169 Å². The van der Waals surface area contributed by atoms with Crippen molar-refractivity contribution in [1.29, 1.82) is 0 Å². The normalized spacial score (nSPS) is 23.0. The molecule has 7 aromatic rings. The fraction of sp³-hybridized carbons (Fsp3) is 0.109. The van der Waals surface area contributed by atoms with Crippen LogP contribution in [-0.2, 0) is 0 Å². The lowest BCUT2D eigenvalue weighted by atomic mass is 9.81. The Balaban J connectivity index is 0.980. The van der Waals surface area contributed by atoms with Crippen molar-refractivity contribution in [3.63, 3.8) is 0 Å². The van der Waals surface area contributed by atoms with Gasteiger partial charge < -0.3 is 14.8 Å². The average molecular weight is 675 g/mol. The van der Waals surface area contributed by atoms with Crippen LogP contribution >= 0.6 is 11.3 Å². The summed E-state index contributed by atoms with van der Waals surface area (Å²) in [7, 11) is 0. The highest BCUT2D eigenvalue weighted by Gasteiger charge is 2.46. The number of aliphatic imine (C=N–C) groups is 1. The minimum Gasteiger partial charge on any atom is -0.358 e. The Kier molecular flexibility index (Phi) is 6.40. The van der Waals surface area contributed by atoms with Crippen LogP contribution < -0.4 is 10.2 Å². The first-order valence-corrected chi connectivity index (χ1v) is 18.6. The molecule has 1 N–H and O–H groups in total. The molecule has 5 heteroatoms. The molecule has 2 aliphatic carbocycles. The van der Waals surface area contributed by atoms with Gasteiger partial charge in [-0.1, -0.05) is 115 Å². The standard InChI is InChI=1S/C46H34N4S/c1-2-12-32(13-3-1)49-40-19-8-5-16-35(40)38-26-29(22-24-41(38)49)30-21-23-36-34-15-4-7-18-39(34)50(42(36)27-30)33-14-10-11-31(25-33)46-47-28-44-45(48-46)37-17-6-9-20-43(37)51-44/h1-28,34,36,39,42,46,48H. The molecule has 5 atom stereocenters. The van der Waals surface area contributed by atoms with Crippen molar-refractivity contribution >= 4 is 66.4 Å². The molecule has 11 rings (SSSR count). The van der Waals surface area contributed by atoms with E-state index in [-0.39, 0.29) is 18.2 Å². The Hall–Kier alpha value is -5.91. The Morgan fingerprint density at radius 1 is 0.627 bits per heavy atom. The number of rotatable bonds is 4. The quantitative estimate of drug-likeness (QED) is 0.202. The van der Waals surface area contributed by atoms with Gasteiger partial charge in [-0.2, -0.15) is 0 Å². The summed E-state index contributed by atoms with van der Waals surface area (Å²) < 4.78 is 3.67. The zero-order chi connectivity index (χ0) is 33.5. The van der Waals surface area contributed by atoms with E-state index in [1.807, 2.05) is 0 Å². The molecule has 0 spiro atoms. The zero-order valence-corrected chi connectivity index (χ0v) is 28.6. The van der Waals surface area contributed by atoms with Crippen molar-refractivity contribution in [3.8, 4) is 5.69 Å². The molecule has 5 unspecified atom stereocenters. The molecule has 4 heterocycles. The van der Waals surface area contributed by atoms with Crippen LogP contribution in [0.1, 0.15) is 22.2 Å². The van der Waals surface area contributed by atoms with Crippen LogP contribution in [0.4, 0.5) is 11.4 Å². The highest BCUT2D eigenvalue weighted by molar-refractivity contribution is 7.21. The number of benzene rings is 5. The number of thiophene rings is 1. The first kappa shape index (κ1) is 28.9. The second-order valence-electron chi connectivity index (χ2n) is 14.0. The van der Waals surface area contributed by atoms with Crippen LogP contribution in [0.25, 0.3) is 43.2 Å². The number of fused-ring (bicyclic) bond motifs is 9. The Morgan fingerprint density at radius 3 is 2.35 bits per heavy atom. The van der Waals surface area contributed by atoms with Gasteiger partial charge in [-0.15, -0.1) is 11.3 Å². The number of hydrogen-bond acceptors (Lipinski definition) is 4. The number of para-hydroxylation sites is 2. The Labute approximate surface area is 300 Å². The van der Waals surface area contributed by atoms with Crippen LogP contribution in [0.5, 0.6) is 0 Å². The first-order valence-electron chi connectivity index (χ1n) is 17.8. The van der Waals surface area contributed by atoms with Gasteiger partial charge in [-0.3, -0.25) is 4.99 Å². The minimum atomic E-state index is -0.131. The number of anilines is 2. The van der Waals surface area contributed by atoms with Crippen molar-refractivity contribution < 1.29 is 0 Å². The van der Waals surface area contributed by atoms with Crippen molar-refractivity contribution in [2.45, 2.75) is 18.2 Å². The lowest BCUT2D eigenvalue weighted by molar-refractivity contribution is 0.528. The molecule has 5 aromatic carbocycles. The molecule has 0 bridgehead atoms. The summed E-state index contributed by atoms with van der Waals surface area (Å²) in [6, 6.07) is 44.6. The maximum absolute atomic E-state index is 4.99. The fourth-order valence-electron chi connectivity index (χ4n) is 8.94. The van der Waals surface area contributed by atoms with Crippen LogP contribution in [0.2, 0.25) is 0 Å². The number of allylic oxidation sites excluding steroid dienone is 4. The Morgan fingerprint density at radius 2 is 1.41 bits per heavy atom. The second-order valence-corrected chi connectivity index (χ2v) is 15.1. The lowest BCUT2D eigenvalue weighted by Gasteiger charge is -2.33. The zero-order valence-electron chi connectivity index (χ0n) is 27.8. The average Bonchev–Trinajstić information content (AvgIpc) is 3.85. The first-order chi connectivity index (χ1) is 25.3. The smallest absolute Gasteiger partial charge is 0.144 e. The largest absolute Gasteiger partial charge is 0.358 e. The molecular formula is C46H34N4S. The molecule has 51 heavy (non-hydrogen) atoms. The van der Waals surface area contributed by atoms with E-state index in [1.165, 1.54) is 70.5 Å². The van der Waals surface area contributed by atoms with Gasteiger partial charge in [0.1, 0.15) is 6.17 Å². The van der Waals surface area contributed by atoms with E-state index in [0.29, 0.717) is 11.8 Å². The van der Waals surface area contributed by atoms with E-state index in [4.69, 9.17) is 4.99 Å². The highest BCUT2D eigenvalue weighted by atomic mass is 32.1. The molecule has 2 aliphatic heterocycles. The molecule has 1 saturated heterocycles. The molecule has 0 radical (unpaired) electrons. The van der Waals surface area contributed by atoms with E-state index < -0.39 is 0 Å². The third kappa shape index (κ3) is 4.48. The van der Waals surface area contributed by atoms with E-state index in [1.54, 1.807) is 11.3 Å². The summed E-state index contributed by atoms with van der Waals surface area (Å²) in [4.78, 5) is 8.84.